The molecule has 14 heteroatoms. The Balaban J connectivity index is 3.41. The Morgan fingerprint density at radius 1 is 0.895 bits per heavy atom. The van der Waals surface area contributed by atoms with Crippen molar-refractivity contribution in [1.82, 2.24) is 9.80 Å². The number of benzene rings is 1. The largest absolute Gasteiger partial charge is 0.481 e. The Hall–Kier alpha value is -3.72. The minimum atomic E-state index is -1.53. The maximum absolute atomic E-state index is 13.6. The lowest BCUT2D eigenvalue weighted by atomic mass is 9.96. The highest BCUT2D eigenvalue weighted by Crippen LogP contribution is 2.17. The van der Waals surface area contributed by atoms with E-state index >= 15 is 0 Å². The van der Waals surface area contributed by atoms with Gasteiger partial charge in [-0.25, -0.2) is 0 Å². The Kier molecular flexibility index (Phi) is 12.6. The molecule has 2 unspecified atom stereocenters. The lowest BCUT2D eigenvalue weighted by molar-refractivity contribution is -0.149. The summed E-state index contributed by atoms with van der Waals surface area (Å²) in [6, 6.07) is 0.941. The van der Waals surface area contributed by atoms with Gasteiger partial charge < -0.3 is 38.0 Å². The monoisotopic (exact) mass is 536 g/mol. The molecule has 0 saturated carbocycles. The Bertz CT molecular complexity index is 1050. The fourth-order valence-electron chi connectivity index (χ4n) is 3.68. The van der Waals surface area contributed by atoms with E-state index < -0.39 is 72.6 Å². The molecule has 0 fully saturated rings. The second-order valence-corrected chi connectivity index (χ2v) is 8.80. The van der Waals surface area contributed by atoms with Crippen molar-refractivity contribution >= 4 is 35.4 Å². The topological polar surface area (TPSA) is 253 Å². The van der Waals surface area contributed by atoms with Crippen LogP contribution in [-0.2, 0) is 30.5 Å². The summed E-state index contributed by atoms with van der Waals surface area (Å²) in [4.78, 5) is 76.0. The van der Waals surface area contributed by atoms with Crippen molar-refractivity contribution in [1.29, 1.82) is 0 Å². The Morgan fingerprint density at radius 3 is 2.05 bits per heavy atom. The summed E-state index contributed by atoms with van der Waals surface area (Å²) in [6.07, 6.45) is -0.833. The van der Waals surface area contributed by atoms with Crippen molar-refractivity contribution in [3.05, 3.63) is 35.4 Å². The van der Waals surface area contributed by atoms with E-state index in [1.54, 1.807) is 13.0 Å². The number of hydrogen-bond acceptors (Lipinski definition) is 10. The number of carbonyl (C=O) groups excluding carboxylic acids is 4. The standard InChI is InChI=1S/C24H36N6O8/c1-3-15(26)21(35)16(27)7-8-18(29(2)23(37)17(28)10-19(31)32)24(38)30(12-20(33)34)22(36)14-6-4-5-13(9-14)11-25/h4-6,9,15-18H,3,7-8,10-12,25-28H2,1-2H3,(H,31,32)(H,33,34)/t15?,16?,17-,18-/m0/s1. The number of carboxylic acids is 2. The molecular formula is C24H36N6O8. The number of hydrogen-bond donors (Lipinski definition) is 6. The second-order valence-electron chi connectivity index (χ2n) is 8.80. The van der Waals surface area contributed by atoms with Gasteiger partial charge in [0.1, 0.15) is 12.6 Å². The first-order chi connectivity index (χ1) is 17.7. The molecule has 210 valence electrons. The van der Waals surface area contributed by atoms with Crippen LogP contribution < -0.4 is 22.9 Å². The highest BCUT2D eigenvalue weighted by Gasteiger charge is 2.37. The van der Waals surface area contributed by atoms with Gasteiger partial charge in [-0.1, -0.05) is 19.1 Å². The first kappa shape index (κ1) is 32.3. The van der Waals surface area contributed by atoms with E-state index in [-0.39, 0.29) is 24.9 Å². The third kappa shape index (κ3) is 8.99. The van der Waals surface area contributed by atoms with Gasteiger partial charge in [-0.05, 0) is 37.0 Å². The highest BCUT2D eigenvalue weighted by molar-refractivity contribution is 6.08. The third-order valence-electron chi connectivity index (χ3n) is 5.95. The zero-order valence-corrected chi connectivity index (χ0v) is 21.4. The van der Waals surface area contributed by atoms with Crippen molar-refractivity contribution in [2.75, 3.05) is 13.6 Å². The fourth-order valence-corrected chi connectivity index (χ4v) is 3.68. The number of aliphatic carboxylic acids is 2. The molecule has 1 aromatic rings. The molecule has 0 radical (unpaired) electrons. The van der Waals surface area contributed by atoms with Crippen molar-refractivity contribution in [3.63, 3.8) is 0 Å². The highest BCUT2D eigenvalue weighted by atomic mass is 16.4. The summed E-state index contributed by atoms with van der Waals surface area (Å²) < 4.78 is 0. The normalized spacial score (nSPS) is 14.1. The number of ketones is 1. The Labute approximate surface area is 219 Å². The molecule has 0 aliphatic heterocycles. The van der Waals surface area contributed by atoms with Gasteiger partial charge in [0.25, 0.3) is 11.8 Å². The van der Waals surface area contributed by atoms with Gasteiger partial charge in [0.2, 0.25) is 5.91 Å². The molecule has 0 bridgehead atoms. The lowest BCUT2D eigenvalue weighted by Gasteiger charge is -2.33. The lowest BCUT2D eigenvalue weighted by Crippen LogP contribution is -2.56. The van der Waals surface area contributed by atoms with Gasteiger partial charge in [0, 0.05) is 19.2 Å². The number of imide groups is 1. The van der Waals surface area contributed by atoms with Crippen LogP contribution in [0.3, 0.4) is 0 Å². The Morgan fingerprint density at radius 2 is 1.53 bits per heavy atom. The maximum Gasteiger partial charge on any atom is 0.323 e. The molecule has 0 aromatic heterocycles. The van der Waals surface area contributed by atoms with E-state index in [1.165, 1.54) is 18.2 Å². The van der Waals surface area contributed by atoms with E-state index in [0.717, 1.165) is 11.9 Å². The summed E-state index contributed by atoms with van der Waals surface area (Å²) in [7, 11) is 1.16. The van der Waals surface area contributed by atoms with Crippen molar-refractivity contribution in [2.24, 2.45) is 22.9 Å². The quantitative estimate of drug-likeness (QED) is 0.146. The predicted octanol–water partition coefficient (Wildman–Crippen LogP) is -1.76. The molecule has 0 saturated heterocycles. The average molecular weight is 537 g/mol. The van der Waals surface area contributed by atoms with Crippen molar-refractivity contribution < 1.29 is 39.0 Å². The summed E-state index contributed by atoms with van der Waals surface area (Å²) >= 11 is 0. The smallest absolute Gasteiger partial charge is 0.323 e. The molecule has 4 atom stereocenters. The molecule has 1 aromatic carbocycles. The van der Waals surface area contributed by atoms with E-state index in [1.807, 2.05) is 0 Å². The summed E-state index contributed by atoms with van der Waals surface area (Å²) in [5.41, 5.74) is 23.5. The van der Waals surface area contributed by atoms with E-state index in [0.29, 0.717) is 16.9 Å². The number of amides is 3. The molecule has 0 heterocycles. The first-order valence-corrected chi connectivity index (χ1v) is 11.9. The number of carboxylic acid groups (broad SMARTS) is 2. The molecule has 0 aliphatic rings. The molecule has 0 spiro atoms. The van der Waals surface area contributed by atoms with E-state index in [4.69, 9.17) is 28.0 Å². The number of likely N-dealkylation sites (N-methyl/N-ethyl adjacent to an activating group) is 1. The molecule has 1 rings (SSSR count). The molecule has 14 nitrogen and oxygen atoms in total. The maximum atomic E-state index is 13.6. The van der Waals surface area contributed by atoms with Crippen LogP contribution >= 0.6 is 0 Å². The van der Waals surface area contributed by atoms with E-state index in [9.17, 15) is 33.9 Å². The van der Waals surface area contributed by atoms with Gasteiger partial charge in [0.15, 0.2) is 5.78 Å². The zero-order chi connectivity index (χ0) is 29.2. The predicted molar refractivity (Wildman–Crippen MR) is 135 cm³/mol. The zero-order valence-electron chi connectivity index (χ0n) is 21.4. The van der Waals surface area contributed by atoms with Crippen LogP contribution in [0.25, 0.3) is 0 Å². The third-order valence-corrected chi connectivity index (χ3v) is 5.95. The number of rotatable bonds is 15. The van der Waals surface area contributed by atoms with Crippen LogP contribution in [0.1, 0.15) is 48.5 Å². The van der Waals surface area contributed by atoms with Gasteiger partial charge in [0.05, 0.1) is 24.5 Å². The molecular weight excluding hydrogens is 500 g/mol. The van der Waals surface area contributed by atoms with Gasteiger partial charge in [-0.3, -0.25) is 33.7 Å². The molecule has 38 heavy (non-hydrogen) atoms. The van der Waals surface area contributed by atoms with Crippen molar-refractivity contribution in [3.8, 4) is 0 Å². The van der Waals surface area contributed by atoms with Crippen LogP contribution in [0.2, 0.25) is 0 Å². The van der Waals surface area contributed by atoms with Crippen LogP contribution in [0.15, 0.2) is 24.3 Å². The first-order valence-electron chi connectivity index (χ1n) is 11.9. The molecule has 3 amide bonds. The van der Waals surface area contributed by atoms with Gasteiger partial charge in [-0.2, -0.15) is 0 Å². The van der Waals surface area contributed by atoms with Crippen molar-refractivity contribution in [2.45, 2.75) is 63.3 Å². The van der Waals surface area contributed by atoms with E-state index in [2.05, 4.69) is 0 Å². The van der Waals surface area contributed by atoms with Gasteiger partial charge >= 0.3 is 11.9 Å². The van der Waals surface area contributed by atoms with Crippen LogP contribution in [0, 0.1) is 0 Å². The second kappa shape index (κ2) is 14.9. The van der Waals surface area contributed by atoms with Crippen LogP contribution in [0.4, 0.5) is 0 Å². The SMILES string of the molecule is CCC(N)C(=O)C(N)CC[C@@H](C(=O)N(CC(=O)O)C(=O)c1cccc(CN)c1)N(C)C(=O)[C@@H](N)CC(=O)O. The van der Waals surface area contributed by atoms with Gasteiger partial charge in [-0.15, -0.1) is 0 Å². The number of Topliss-reactive ketones (excluding diaryl/α,β-unsaturated/α-hetero) is 1. The summed E-state index contributed by atoms with van der Waals surface area (Å²) in [5.74, 6) is -6.31. The molecule has 0 aliphatic carbocycles. The molecule has 10 N–H and O–H groups in total. The summed E-state index contributed by atoms with van der Waals surface area (Å²) in [6.45, 7) is 0.740. The number of nitrogens with zero attached hydrogens (tertiary/aromatic N) is 2. The minimum absolute atomic E-state index is 0.0151. The fraction of sp³-hybridized carbons (Fsp3) is 0.500. The number of carbonyl (C=O) groups is 6. The summed E-state index contributed by atoms with van der Waals surface area (Å²) in [5, 5.41) is 18.4. The van der Waals surface area contributed by atoms with Crippen LogP contribution in [0.5, 0.6) is 0 Å². The van der Waals surface area contributed by atoms with Crippen LogP contribution in [-0.4, -0.2) is 93.2 Å². The minimum Gasteiger partial charge on any atom is -0.481 e. The average Bonchev–Trinajstić information content (AvgIpc) is 2.88. The number of nitrogens with two attached hydrogens (primary N) is 4.